The van der Waals surface area contributed by atoms with Gasteiger partial charge in [0.2, 0.25) is 0 Å². The highest BCUT2D eigenvalue weighted by molar-refractivity contribution is 7.13. The summed E-state index contributed by atoms with van der Waals surface area (Å²) in [5.74, 6) is 0.513. The van der Waals surface area contributed by atoms with Crippen molar-refractivity contribution in [3.63, 3.8) is 0 Å². The Balaban J connectivity index is 1.49. The lowest BCUT2D eigenvalue weighted by atomic mass is 9.74. The van der Waals surface area contributed by atoms with Gasteiger partial charge in [-0.3, -0.25) is 9.79 Å². The molecule has 2 aliphatic heterocycles. The van der Waals surface area contributed by atoms with E-state index in [1.807, 2.05) is 6.92 Å². The zero-order valence-corrected chi connectivity index (χ0v) is 15.0. The van der Waals surface area contributed by atoms with Crippen molar-refractivity contribution in [2.24, 2.45) is 10.9 Å². The molecule has 1 N–H and O–H groups in total. The predicted octanol–water partition coefficient (Wildman–Crippen LogP) is 2.53. The van der Waals surface area contributed by atoms with Crippen LogP contribution in [-0.4, -0.2) is 46.8 Å². The normalized spacial score (nSPS) is 28.4. The summed E-state index contributed by atoms with van der Waals surface area (Å²) in [7, 11) is 0. The summed E-state index contributed by atoms with van der Waals surface area (Å²) in [6.45, 7) is 6.34. The highest BCUT2D eigenvalue weighted by atomic mass is 32.1. The van der Waals surface area contributed by atoms with Gasteiger partial charge in [-0.2, -0.15) is 0 Å². The van der Waals surface area contributed by atoms with E-state index in [4.69, 9.17) is 4.99 Å². The largest absolute Gasteiger partial charge is 0.385 e. The van der Waals surface area contributed by atoms with E-state index in [1.165, 1.54) is 0 Å². The first kappa shape index (κ1) is 16.0. The summed E-state index contributed by atoms with van der Waals surface area (Å²) in [6.07, 6.45) is 2.74. The molecule has 0 bridgehead atoms. The van der Waals surface area contributed by atoms with Crippen LogP contribution >= 0.6 is 11.3 Å². The lowest BCUT2D eigenvalue weighted by Crippen LogP contribution is -2.42. The maximum absolute atomic E-state index is 11.8. The van der Waals surface area contributed by atoms with Crippen molar-refractivity contribution < 1.29 is 9.90 Å². The summed E-state index contributed by atoms with van der Waals surface area (Å²) in [5, 5.41) is 14.0. The van der Waals surface area contributed by atoms with Gasteiger partial charge in [0.1, 0.15) is 5.78 Å². The monoisotopic (exact) mass is 345 g/mol. The average molecular weight is 345 g/mol. The van der Waals surface area contributed by atoms with Gasteiger partial charge in [-0.05, 0) is 32.3 Å². The molecular weight excluding hydrogens is 322 g/mol. The molecule has 3 aliphatic rings. The van der Waals surface area contributed by atoms with E-state index < -0.39 is 5.60 Å². The van der Waals surface area contributed by atoms with Gasteiger partial charge in [-0.15, -0.1) is 11.3 Å². The van der Waals surface area contributed by atoms with Crippen molar-refractivity contribution in [1.29, 1.82) is 0 Å². The molecule has 3 heterocycles. The first-order chi connectivity index (χ1) is 11.4. The van der Waals surface area contributed by atoms with Crippen molar-refractivity contribution in [3.8, 4) is 0 Å². The van der Waals surface area contributed by atoms with E-state index >= 15 is 0 Å². The molecule has 4 rings (SSSR count). The Hall–Kier alpha value is -1.53. The van der Waals surface area contributed by atoms with Crippen LogP contribution in [0.2, 0.25) is 0 Å². The van der Waals surface area contributed by atoms with E-state index in [1.54, 1.807) is 18.3 Å². The predicted molar refractivity (Wildman–Crippen MR) is 96.0 cm³/mol. The zero-order valence-electron chi connectivity index (χ0n) is 14.2. The third kappa shape index (κ3) is 2.71. The molecule has 128 valence electrons. The summed E-state index contributed by atoms with van der Waals surface area (Å²) < 4.78 is 0. The molecule has 1 unspecified atom stereocenters. The quantitative estimate of drug-likeness (QED) is 0.894. The molecule has 1 aliphatic carbocycles. The lowest BCUT2D eigenvalue weighted by molar-refractivity contribution is -0.122. The highest BCUT2D eigenvalue weighted by Crippen LogP contribution is 2.40. The van der Waals surface area contributed by atoms with Crippen LogP contribution in [0.15, 0.2) is 21.5 Å². The van der Waals surface area contributed by atoms with E-state index in [2.05, 4.69) is 15.3 Å². The van der Waals surface area contributed by atoms with Crippen LogP contribution in [0.5, 0.6) is 0 Å². The highest BCUT2D eigenvalue weighted by Gasteiger charge is 2.43. The van der Waals surface area contributed by atoms with Crippen LogP contribution in [-0.2, 0) is 4.79 Å². The van der Waals surface area contributed by atoms with Gasteiger partial charge in [-0.1, -0.05) is 0 Å². The number of anilines is 1. The third-order valence-corrected chi connectivity index (χ3v) is 6.32. The summed E-state index contributed by atoms with van der Waals surface area (Å²) >= 11 is 1.71. The topological polar surface area (TPSA) is 65.8 Å². The number of aryl methyl sites for hydroxylation is 1. The van der Waals surface area contributed by atoms with Crippen molar-refractivity contribution in [2.45, 2.75) is 45.1 Å². The van der Waals surface area contributed by atoms with Crippen molar-refractivity contribution in [3.05, 3.63) is 22.2 Å². The fourth-order valence-corrected chi connectivity index (χ4v) is 5.11. The van der Waals surface area contributed by atoms with Gasteiger partial charge in [-0.25, -0.2) is 4.98 Å². The third-order valence-electron chi connectivity index (χ3n) is 5.30. The number of hydrogen-bond acceptors (Lipinski definition) is 6. The van der Waals surface area contributed by atoms with E-state index in [-0.39, 0.29) is 12.2 Å². The minimum Gasteiger partial charge on any atom is -0.385 e. The van der Waals surface area contributed by atoms with Crippen LogP contribution in [0.4, 0.5) is 5.13 Å². The Bertz CT molecular complexity index is 739. The maximum Gasteiger partial charge on any atom is 0.185 e. The Morgan fingerprint density at radius 1 is 1.38 bits per heavy atom. The first-order valence-corrected chi connectivity index (χ1v) is 9.50. The van der Waals surface area contributed by atoms with Crippen molar-refractivity contribution in [2.75, 3.05) is 24.5 Å². The lowest BCUT2D eigenvalue weighted by Gasteiger charge is -2.36. The minimum absolute atomic E-state index is 0.129. The molecule has 1 aromatic rings. The van der Waals surface area contributed by atoms with Gasteiger partial charge in [0.05, 0.1) is 17.8 Å². The van der Waals surface area contributed by atoms with E-state index in [0.717, 1.165) is 53.6 Å². The summed E-state index contributed by atoms with van der Waals surface area (Å²) in [5.41, 5.74) is 3.13. The number of Topliss-reactive ketones (excluding diaryl/α,β-unsaturated/α-hetero) is 1. The molecule has 0 amide bonds. The molecule has 0 aromatic carbocycles. The molecule has 1 atom stereocenters. The van der Waals surface area contributed by atoms with Crippen molar-refractivity contribution >= 4 is 28.0 Å². The van der Waals surface area contributed by atoms with Crippen LogP contribution in [0.25, 0.3) is 0 Å². The number of nitrogens with zero attached hydrogens (tertiary/aromatic N) is 3. The van der Waals surface area contributed by atoms with Gasteiger partial charge in [0.25, 0.3) is 0 Å². The molecule has 24 heavy (non-hydrogen) atoms. The average Bonchev–Trinajstić information content (AvgIpc) is 3.13. The van der Waals surface area contributed by atoms with Crippen LogP contribution in [0, 0.1) is 12.8 Å². The summed E-state index contributed by atoms with van der Waals surface area (Å²) in [4.78, 5) is 23.5. The van der Waals surface area contributed by atoms with Crippen molar-refractivity contribution in [1.82, 2.24) is 4.98 Å². The number of thiazole rings is 1. The van der Waals surface area contributed by atoms with E-state index in [0.29, 0.717) is 18.9 Å². The number of aliphatic hydroxyl groups is 1. The number of carbonyl (C=O) groups is 1. The van der Waals surface area contributed by atoms with Gasteiger partial charge >= 0.3 is 0 Å². The number of aromatic nitrogens is 1. The van der Waals surface area contributed by atoms with Crippen LogP contribution < -0.4 is 4.90 Å². The van der Waals surface area contributed by atoms with Gasteiger partial charge < -0.3 is 10.0 Å². The molecule has 0 radical (unpaired) electrons. The Morgan fingerprint density at radius 2 is 2.12 bits per heavy atom. The second-order valence-corrected chi connectivity index (χ2v) is 8.22. The molecule has 1 fully saturated rings. The zero-order chi connectivity index (χ0) is 16.9. The van der Waals surface area contributed by atoms with Crippen LogP contribution in [0.3, 0.4) is 0 Å². The second-order valence-electron chi connectivity index (χ2n) is 7.38. The molecule has 0 saturated carbocycles. The fraction of sp³-hybridized carbons (Fsp3) is 0.611. The number of piperidine rings is 1. The smallest absolute Gasteiger partial charge is 0.185 e. The van der Waals surface area contributed by atoms with E-state index in [9.17, 15) is 9.90 Å². The minimum atomic E-state index is -1.04. The Labute approximate surface area is 146 Å². The van der Waals surface area contributed by atoms with Crippen LogP contribution in [0.1, 0.15) is 38.3 Å². The molecule has 1 aromatic heterocycles. The molecule has 0 spiro atoms. The molecular formula is C18H23N3O2S. The first-order valence-electron chi connectivity index (χ1n) is 8.62. The number of rotatable bonds is 2. The number of aliphatic imine (C=N–C) groups is 1. The Kier molecular flexibility index (Phi) is 3.84. The fourth-order valence-electron chi connectivity index (χ4n) is 4.26. The van der Waals surface area contributed by atoms with Gasteiger partial charge in [0.15, 0.2) is 5.13 Å². The molecule has 1 saturated heterocycles. The number of ketones is 1. The molecule has 6 heteroatoms. The number of carbonyl (C=O) groups excluding carboxylic acids is 1. The SMILES string of the molecule is Cc1csc(N2CCC(C3=NCC4=C3C(C)(O)CC(=O)C4)CC2)n1. The number of hydrogen-bond donors (Lipinski definition) is 1. The Morgan fingerprint density at radius 3 is 2.79 bits per heavy atom. The maximum atomic E-state index is 11.8. The second kappa shape index (κ2) is 5.77. The summed E-state index contributed by atoms with van der Waals surface area (Å²) in [6, 6.07) is 0. The molecule has 5 nitrogen and oxygen atoms in total. The van der Waals surface area contributed by atoms with Gasteiger partial charge in [0, 0.05) is 48.5 Å². The standard InChI is InChI=1S/C18H23N3O2S/c1-11-10-24-17(20-11)21-5-3-12(4-6-21)16-15-13(9-19-16)7-14(22)8-18(15,2)23/h10,12,23H,3-9H2,1-2H3.